The van der Waals surface area contributed by atoms with Crippen molar-refractivity contribution in [2.24, 2.45) is 0 Å². The van der Waals surface area contributed by atoms with Crippen LogP contribution in [-0.4, -0.2) is 66.0 Å². The highest BCUT2D eigenvalue weighted by molar-refractivity contribution is 6.30. The highest BCUT2D eigenvalue weighted by Crippen LogP contribution is 2.27. The zero-order valence-corrected chi connectivity index (χ0v) is 19.3. The first-order chi connectivity index (χ1) is 15.6. The number of carbonyl (C=O) groups excluding carboxylic acids is 1. The topological polar surface area (TPSA) is 51.7 Å². The molecule has 172 valence electrons. The van der Waals surface area contributed by atoms with E-state index in [9.17, 15) is 9.18 Å². The van der Waals surface area contributed by atoms with Crippen LogP contribution < -0.4 is 10.2 Å². The third-order valence-corrected chi connectivity index (χ3v) is 6.97. The van der Waals surface area contributed by atoms with E-state index in [4.69, 9.17) is 11.6 Å². The van der Waals surface area contributed by atoms with Gasteiger partial charge in [0, 0.05) is 48.8 Å². The molecule has 0 aliphatic carbocycles. The maximum Gasteiger partial charge on any atom is 0.211 e. The standard InChI is InChI=1S/C24H31ClFN5O/c1-2-21-16-30(24-6-5-20(14-27-24)28-17-32)11-12-31(21)22-7-9-29(10-8-22)15-18-3-4-19(25)13-23(18)26/h3-6,13-14,17,21-22H,2,7-12,15-16H2,1H3,(H,28,32). The summed E-state index contributed by atoms with van der Waals surface area (Å²) in [6.07, 6.45) is 5.68. The lowest BCUT2D eigenvalue weighted by molar-refractivity contribution is -0.105. The van der Waals surface area contributed by atoms with Gasteiger partial charge in [0.2, 0.25) is 6.41 Å². The van der Waals surface area contributed by atoms with Crippen molar-refractivity contribution in [2.45, 2.75) is 44.8 Å². The molecule has 2 saturated heterocycles. The number of aromatic nitrogens is 1. The molecule has 1 amide bonds. The van der Waals surface area contributed by atoms with Gasteiger partial charge < -0.3 is 10.2 Å². The van der Waals surface area contributed by atoms with Crippen molar-refractivity contribution >= 4 is 29.5 Å². The SMILES string of the molecule is CCC1CN(c2ccc(NC=O)cn2)CCN1C1CCN(Cc2ccc(Cl)cc2F)CC1. The average molecular weight is 460 g/mol. The molecule has 1 unspecified atom stereocenters. The summed E-state index contributed by atoms with van der Waals surface area (Å²) in [6.45, 7) is 7.78. The normalized spacial score (nSPS) is 21.0. The van der Waals surface area contributed by atoms with Gasteiger partial charge in [-0.2, -0.15) is 0 Å². The Labute approximate surface area is 194 Å². The van der Waals surface area contributed by atoms with E-state index in [2.05, 4.69) is 31.9 Å². The molecule has 1 aromatic heterocycles. The van der Waals surface area contributed by atoms with Crippen molar-refractivity contribution in [3.05, 3.63) is 52.9 Å². The van der Waals surface area contributed by atoms with E-state index in [1.165, 1.54) is 6.07 Å². The second-order valence-corrected chi connectivity index (χ2v) is 9.09. The molecule has 4 rings (SSSR count). The number of likely N-dealkylation sites (tertiary alicyclic amines) is 1. The summed E-state index contributed by atoms with van der Waals surface area (Å²) in [5, 5.41) is 3.07. The monoisotopic (exact) mass is 459 g/mol. The first-order valence-electron chi connectivity index (χ1n) is 11.4. The van der Waals surface area contributed by atoms with E-state index in [0.717, 1.165) is 63.4 Å². The number of nitrogens with one attached hydrogen (secondary N) is 1. The predicted octanol–water partition coefficient (Wildman–Crippen LogP) is 4.01. The number of hydrogen-bond donors (Lipinski definition) is 1. The van der Waals surface area contributed by atoms with Gasteiger partial charge in [-0.05, 0) is 56.6 Å². The molecule has 6 nitrogen and oxygen atoms in total. The van der Waals surface area contributed by atoms with Crippen molar-refractivity contribution in [2.75, 3.05) is 42.9 Å². The van der Waals surface area contributed by atoms with E-state index in [1.807, 2.05) is 12.1 Å². The zero-order chi connectivity index (χ0) is 22.5. The number of piperidine rings is 1. The summed E-state index contributed by atoms with van der Waals surface area (Å²) in [7, 11) is 0. The predicted molar refractivity (Wildman–Crippen MR) is 127 cm³/mol. The molecule has 2 aliphatic rings. The lowest BCUT2D eigenvalue weighted by Gasteiger charge is -2.47. The third-order valence-electron chi connectivity index (χ3n) is 6.73. The molecular formula is C24H31ClFN5O. The number of anilines is 2. The number of hydrogen-bond acceptors (Lipinski definition) is 5. The summed E-state index contributed by atoms with van der Waals surface area (Å²) < 4.78 is 14.2. The summed E-state index contributed by atoms with van der Waals surface area (Å²) in [6, 6.07) is 9.89. The van der Waals surface area contributed by atoms with Crippen LogP contribution in [0.25, 0.3) is 0 Å². The van der Waals surface area contributed by atoms with E-state index >= 15 is 0 Å². The van der Waals surface area contributed by atoms with E-state index in [1.54, 1.807) is 18.3 Å². The van der Waals surface area contributed by atoms with Crippen LogP contribution in [0.5, 0.6) is 0 Å². The molecule has 8 heteroatoms. The van der Waals surface area contributed by atoms with Crippen molar-refractivity contribution < 1.29 is 9.18 Å². The van der Waals surface area contributed by atoms with Gasteiger partial charge in [-0.25, -0.2) is 9.37 Å². The van der Waals surface area contributed by atoms with Crippen LogP contribution in [0.2, 0.25) is 5.02 Å². The van der Waals surface area contributed by atoms with Gasteiger partial charge in [0.15, 0.2) is 0 Å². The summed E-state index contributed by atoms with van der Waals surface area (Å²) in [5.41, 5.74) is 1.43. The van der Waals surface area contributed by atoms with Crippen LogP contribution >= 0.6 is 11.6 Å². The highest BCUT2D eigenvalue weighted by atomic mass is 35.5. The number of nitrogens with zero attached hydrogens (tertiary/aromatic N) is 4. The Balaban J connectivity index is 1.31. The van der Waals surface area contributed by atoms with Crippen LogP contribution in [-0.2, 0) is 11.3 Å². The summed E-state index contributed by atoms with van der Waals surface area (Å²) in [4.78, 5) is 22.5. The molecule has 2 aromatic rings. The lowest BCUT2D eigenvalue weighted by Crippen LogP contribution is -2.58. The van der Waals surface area contributed by atoms with Crippen LogP contribution in [0.4, 0.5) is 15.9 Å². The molecule has 3 heterocycles. The van der Waals surface area contributed by atoms with Gasteiger partial charge in [-0.3, -0.25) is 14.6 Å². The number of benzene rings is 1. The maximum absolute atomic E-state index is 14.2. The molecule has 0 bridgehead atoms. The number of amides is 1. The number of carbonyl (C=O) groups is 1. The lowest BCUT2D eigenvalue weighted by atomic mass is 9.97. The van der Waals surface area contributed by atoms with Gasteiger partial charge in [0.1, 0.15) is 11.6 Å². The number of halogens is 2. The number of pyridine rings is 1. The molecule has 1 atom stereocenters. The van der Waals surface area contributed by atoms with Crippen LogP contribution in [0.3, 0.4) is 0 Å². The second-order valence-electron chi connectivity index (χ2n) is 8.66. The van der Waals surface area contributed by atoms with Gasteiger partial charge in [-0.1, -0.05) is 24.6 Å². The fraction of sp³-hybridized carbons (Fsp3) is 0.500. The van der Waals surface area contributed by atoms with Gasteiger partial charge in [0.25, 0.3) is 0 Å². The minimum absolute atomic E-state index is 0.217. The molecule has 1 aromatic carbocycles. The van der Waals surface area contributed by atoms with E-state index in [0.29, 0.717) is 35.7 Å². The smallest absolute Gasteiger partial charge is 0.211 e. The summed E-state index contributed by atoms with van der Waals surface area (Å²) in [5.74, 6) is 0.740. The van der Waals surface area contributed by atoms with Crippen molar-refractivity contribution in [3.8, 4) is 0 Å². The fourth-order valence-electron chi connectivity index (χ4n) is 4.95. The molecule has 0 radical (unpaired) electrons. The van der Waals surface area contributed by atoms with E-state index < -0.39 is 0 Å². The number of rotatable bonds is 7. The molecule has 2 fully saturated rings. The van der Waals surface area contributed by atoms with Gasteiger partial charge >= 0.3 is 0 Å². The first-order valence-corrected chi connectivity index (χ1v) is 11.8. The zero-order valence-electron chi connectivity index (χ0n) is 18.5. The van der Waals surface area contributed by atoms with Crippen molar-refractivity contribution in [1.29, 1.82) is 0 Å². The molecule has 2 aliphatic heterocycles. The fourth-order valence-corrected chi connectivity index (χ4v) is 5.11. The van der Waals surface area contributed by atoms with Crippen molar-refractivity contribution in [1.82, 2.24) is 14.8 Å². The molecule has 0 saturated carbocycles. The Kier molecular flexibility index (Phi) is 7.60. The highest BCUT2D eigenvalue weighted by Gasteiger charge is 2.33. The largest absolute Gasteiger partial charge is 0.354 e. The minimum atomic E-state index is -0.217. The maximum atomic E-state index is 14.2. The molecule has 32 heavy (non-hydrogen) atoms. The van der Waals surface area contributed by atoms with E-state index in [-0.39, 0.29) is 5.82 Å². The van der Waals surface area contributed by atoms with Crippen LogP contribution in [0, 0.1) is 5.82 Å². The Morgan fingerprint density at radius 2 is 2.00 bits per heavy atom. The molecule has 0 spiro atoms. The first kappa shape index (κ1) is 23.0. The Morgan fingerprint density at radius 1 is 1.19 bits per heavy atom. The average Bonchev–Trinajstić information content (AvgIpc) is 2.82. The van der Waals surface area contributed by atoms with Crippen molar-refractivity contribution in [3.63, 3.8) is 0 Å². The second kappa shape index (κ2) is 10.6. The Hall–Kier alpha value is -2.22. The Bertz CT molecular complexity index is 904. The molecule has 1 N–H and O–H groups in total. The van der Waals surface area contributed by atoms with Crippen LogP contribution in [0.15, 0.2) is 36.5 Å². The molecular weight excluding hydrogens is 429 g/mol. The quantitative estimate of drug-likeness (QED) is 0.634. The minimum Gasteiger partial charge on any atom is -0.354 e. The summed E-state index contributed by atoms with van der Waals surface area (Å²) >= 11 is 5.88. The van der Waals surface area contributed by atoms with Gasteiger partial charge in [-0.15, -0.1) is 0 Å². The Morgan fingerprint density at radius 3 is 2.66 bits per heavy atom. The number of piperazine rings is 1. The third kappa shape index (κ3) is 5.39. The van der Waals surface area contributed by atoms with Crippen LogP contribution in [0.1, 0.15) is 31.7 Å². The van der Waals surface area contributed by atoms with Gasteiger partial charge in [0.05, 0.1) is 11.9 Å².